The van der Waals surface area contributed by atoms with E-state index in [0.29, 0.717) is 18.3 Å². The first-order valence-electron chi connectivity index (χ1n) is 11.2. The van der Waals surface area contributed by atoms with Crippen molar-refractivity contribution in [1.82, 2.24) is 25.6 Å². The number of methoxy groups -OCH3 is 2. The van der Waals surface area contributed by atoms with E-state index in [-0.39, 0.29) is 0 Å². The molecule has 0 saturated carbocycles. The molecule has 0 spiro atoms. The molecular formula is C26H29N5O3. The maximum Gasteiger partial charge on any atom is 0.179 e. The zero-order valence-corrected chi connectivity index (χ0v) is 19.9. The Kier molecular flexibility index (Phi) is 7.37. The standard InChI is InChI=1S/C26H29N5O3/c1-17(2)23-11-12-27-24(10-7-18-5-8-20(9-6-18)26-28-30-31-29-26)25(23)34-16-19-13-21(32-3)15-22(14-19)33-4/h5-6,8-9,11-15,17H,7,10,16H2,1-4H3,(H,28,29,30,31). The average molecular weight is 460 g/mol. The van der Waals surface area contributed by atoms with Gasteiger partial charge in [-0.05, 0) is 58.5 Å². The first kappa shape index (κ1) is 23.2. The number of hydrogen-bond donors (Lipinski definition) is 1. The van der Waals surface area contributed by atoms with Gasteiger partial charge in [0.1, 0.15) is 23.9 Å². The Morgan fingerprint density at radius 3 is 2.24 bits per heavy atom. The minimum Gasteiger partial charge on any atom is -0.497 e. The van der Waals surface area contributed by atoms with Gasteiger partial charge in [-0.1, -0.05) is 38.1 Å². The Balaban J connectivity index is 1.51. The molecule has 0 atom stereocenters. The van der Waals surface area contributed by atoms with Crippen LogP contribution >= 0.6 is 0 Å². The van der Waals surface area contributed by atoms with E-state index < -0.39 is 0 Å². The molecule has 0 saturated heterocycles. The zero-order chi connectivity index (χ0) is 23.9. The first-order valence-corrected chi connectivity index (χ1v) is 11.2. The zero-order valence-electron chi connectivity index (χ0n) is 19.9. The van der Waals surface area contributed by atoms with Gasteiger partial charge in [0, 0.05) is 23.4 Å². The minimum absolute atomic E-state index is 0.311. The van der Waals surface area contributed by atoms with Gasteiger partial charge in [-0.25, -0.2) is 5.10 Å². The topological polar surface area (TPSA) is 95.0 Å². The number of aromatic nitrogens is 5. The second-order valence-corrected chi connectivity index (χ2v) is 8.29. The lowest BCUT2D eigenvalue weighted by molar-refractivity contribution is 0.294. The van der Waals surface area contributed by atoms with Crippen molar-refractivity contribution >= 4 is 0 Å². The number of nitrogens with one attached hydrogen (secondary N) is 1. The fourth-order valence-corrected chi connectivity index (χ4v) is 3.79. The maximum absolute atomic E-state index is 6.37. The van der Waals surface area contributed by atoms with Gasteiger partial charge in [0.05, 0.1) is 19.9 Å². The fraction of sp³-hybridized carbons (Fsp3) is 0.308. The molecule has 0 bridgehead atoms. The Bertz CT molecular complexity index is 1190. The number of rotatable bonds is 10. The van der Waals surface area contributed by atoms with Gasteiger partial charge in [0.25, 0.3) is 0 Å². The maximum atomic E-state index is 6.37. The van der Waals surface area contributed by atoms with Gasteiger partial charge < -0.3 is 14.2 Å². The molecule has 2 aromatic carbocycles. The van der Waals surface area contributed by atoms with E-state index in [0.717, 1.165) is 52.5 Å². The van der Waals surface area contributed by atoms with Crippen molar-refractivity contribution < 1.29 is 14.2 Å². The molecule has 0 aliphatic carbocycles. The van der Waals surface area contributed by atoms with Crippen LogP contribution in [0, 0.1) is 0 Å². The molecule has 0 amide bonds. The summed E-state index contributed by atoms with van der Waals surface area (Å²) in [6.07, 6.45) is 3.47. The van der Waals surface area contributed by atoms with Crippen molar-refractivity contribution in [3.63, 3.8) is 0 Å². The van der Waals surface area contributed by atoms with Crippen LogP contribution in [0.25, 0.3) is 11.4 Å². The SMILES string of the molecule is COc1cc(COc2c(C(C)C)ccnc2CCc2ccc(-c3nnn[nH]3)cc2)cc(OC)c1. The summed E-state index contributed by atoms with van der Waals surface area (Å²) in [4.78, 5) is 4.67. The molecule has 0 radical (unpaired) electrons. The summed E-state index contributed by atoms with van der Waals surface area (Å²) in [6, 6.07) is 16.0. The lowest BCUT2D eigenvalue weighted by Crippen LogP contribution is -2.06. The molecule has 4 rings (SSSR count). The summed E-state index contributed by atoms with van der Waals surface area (Å²) >= 11 is 0. The smallest absolute Gasteiger partial charge is 0.179 e. The highest BCUT2D eigenvalue weighted by molar-refractivity contribution is 5.54. The van der Waals surface area contributed by atoms with Crippen molar-refractivity contribution in [3.8, 4) is 28.6 Å². The summed E-state index contributed by atoms with van der Waals surface area (Å²) in [5, 5.41) is 14.0. The number of benzene rings is 2. The van der Waals surface area contributed by atoms with E-state index in [9.17, 15) is 0 Å². The normalized spacial score (nSPS) is 11.0. The van der Waals surface area contributed by atoms with Crippen molar-refractivity contribution in [3.05, 3.63) is 77.1 Å². The summed E-state index contributed by atoms with van der Waals surface area (Å²) in [6.45, 7) is 4.72. The number of aryl methyl sites for hydroxylation is 2. The van der Waals surface area contributed by atoms with Gasteiger partial charge in [0.15, 0.2) is 5.82 Å². The van der Waals surface area contributed by atoms with E-state index in [1.54, 1.807) is 14.2 Å². The molecule has 0 unspecified atom stereocenters. The molecule has 0 fully saturated rings. The number of H-pyrrole nitrogens is 1. The Morgan fingerprint density at radius 2 is 1.62 bits per heavy atom. The second-order valence-electron chi connectivity index (χ2n) is 8.29. The van der Waals surface area contributed by atoms with Crippen LogP contribution in [0.3, 0.4) is 0 Å². The molecular weight excluding hydrogens is 430 g/mol. The van der Waals surface area contributed by atoms with E-state index in [1.165, 1.54) is 5.56 Å². The number of hydrogen-bond acceptors (Lipinski definition) is 7. The minimum atomic E-state index is 0.311. The lowest BCUT2D eigenvalue weighted by Gasteiger charge is -2.18. The number of tetrazole rings is 1. The number of nitrogens with zero attached hydrogens (tertiary/aromatic N) is 4. The fourth-order valence-electron chi connectivity index (χ4n) is 3.79. The van der Waals surface area contributed by atoms with E-state index in [2.05, 4.69) is 51.6 Å². The highest BCUT2D eigenvalue weighted by atomic mass is 16.5. The molecule has 8 nitrogen and oxygen atoms in total. The van der Waals surface area contributed by atoms with Gasteiger partial charge in [0.2, 0.25) is 0 Å². The van der Waals surface area contributed by atoms with Crippen LogP contribution in [0.2, 0.25) is 0 Å². The van der Waals surface area contributed by atoms with Crippen LogP contribution in [0.15, 0.2) is 54.7 Å². The van der Waals surface area contributed by atoms with Crippen LogP contribution in [-0.4, -0.2) is 39.8 Å². The molecule has 34 heavy (non-hydrogen) atoms. The molecule has 4 aromatic rings. The molecule has 176 valence electrons. The largest absolute Gasteiger partial charge is 0.497 e. The lowest BCUT2D eigenvalue weighted by atomic mass is 9.99. The molecule has 0 aliphatic heterocycles. The monoisotopic (exact) mass is 459 g/mol. The van der Waals surface area contributed by atoms with E-state index in [4.69, 9.17) is 14.2 Å². The quantitative estimate of drug-likeness (QED) is 0.365. The molecule has 1 N–H and O–H groups in total. The molecule has 2 heterocycles. The van der Waals surface area contributed by atoms with Crippen LogP contribution < -0.4 is 14.2 Å². The Hall–Kier alpha value is -3.94. The van der Waals surface area contributed by atoms with Crippen molar-refractivity contribution in [2.75, 3.05) is 14.2 Å². The Labute approximate surface area is 199 Å². The van der Waals surface area contributed by atoms with Gasteiger partial charge >= 0.3 is 0 Å². The predicted molar refractivity (Wildman–Crippen MR) is 129 cm³/mol. The third-order valence-electron chi connectivity index (χ3n) is 5.65. The van der Waals surface area contributed by atoms with Crippen molar-refractivity contribution in [2.45, 2.75) is 39.2 Å². The molecule has 2 aromatic heterocycles. The van der Waals surface area contributed by atoms with E-state index in [1.807, 2.05) is 42.6 Å². The van der Waals surface area contributed by atoms with Gasteiger partial charge in [-0.15, -0.1) is 5.10 Å². The molecule has 8 heteroatoms. The van der Waals surface area contributed by atoms with Crippen LogP contribution in [0.1, 0.15) is 42.1 Å². The van der Waals surface area contributed by atoms with E-state index >= 15 is 0 Å². The highest BCUT2D eigenvalue weighted by Crippen LogP contribution is 2.31. The van der Waals surface area contributed by atoms with Crippen molar-refractivity contribution in [2.24, 2.45) is 0 Å². The third kappa shape index (κ3) is 5.51. The summed E-state index contributed by atoms with van der Waals surface area (Å²) in [5.74, 6) is 3.29. The first-order chi connectivity index (χ1) is 16.6. The number of pyridine rings is 1. The van der Waals surface area contributed by atoms with Gasteiger partial charge in [-0.2, -0.15) is 0 Å². The van der Waals surface area contributed by atoms with Crippen LogP contribution in [0.4, 0.5) is 0 Å². The number of ether oxygens (including phenoxy) is 3. The van der Waals surface area contributed by atoms with Crippen LogP contribution in [-0.2, 0) is 19.4 Å². The summed E-state index contributed by atoms with van der Waals surface area (Å²) in [5.41, 5.74) is 5.22. The predicted octanol–water partition coefficient (Wildman–Crippen LogP) is 4.77. The number of aromatic amines is 1. The summed E-state index contributed by atoms with van der Waals surface area (Å²) in [7, 11) is 3.29. The average Bonchev–Trinajstić information content (AvgIpc) is 3.41. The Morgan fingerprint density at radius 1 is 0.882 bits per heavy atom. The molecule has 0 aliphatic rings. The van der Waals surface area contributed by atoms with Gasteiger partial charge in [-0.3, -0.25) is 4.98 Å². The summed E-state index contributed by atoms with van der Waals surface area (Å²) < 4.78 is 17.2. The second kappa shape index (κ2) is 10.8. The van der Waals surface area contributed by atoms with Crippen molar-refractivity contribution in [1.29, 1.82) is 0 Å². The third-order valence-corrected chi connectivity index (χ3v) is 5.65. The van der Waals surface area contributed by atoms with Crippen LogP contribution in [0.5, 0.6) is 17.2 Å². The highest BCUT2D eigenvalue weighted by Gasteiger charge is 2.15.